The van der Waals surface area contributed by atoms with Gasteiger partial charge >= 0.3 is 6.09 Å². The van der Waals surface area contributed by atoms with E-state index in [1.54, 1.807) is 69.4 Å². The van der Waals surface area contributed by atoms with E-state index in [-0.39, 0.29) is 0 Å². The van der Waals surface area contributed by atoms with Crippen molar-refractivity contribution in [1.29, 1.82) is 0 Å². The van der Waals surface area contributed by atoms with Crippen LogP contribution < -0.4 is 5.32 Å². The smallest absolute Gasteiger partial charge is 0.408 e. The normalized spacial score (nSPS) is 13.3. The van der Waals surface area contributed by atoms with Gasteiger partial charge in [-0.15, -0.1) is 0 Å². The minimum Gasteiger partial charge on any atom is -0.444 e. The summed E-state index contributed by atoms with van der Waals surface area (Å²) in [5.74, 6) is -0.437. The maximum atomic E-state index is 13.5. The van der Waals surface area contributed by atoms with E-state index in [0.29, 0.717) is 26.7 Å². The second-order valence-electron chi connectivity index (χ2n) is 8.26. The minimum atomic E-state index is -1.13. The number of nitrogens with zero attached hydrogens (tertiary/aromatic N) is 1. The molecule has 0 aliphatic heterocycles. The number of ether oxygens (including phenoxy) is 1. The Balaban J connectivity index is 1.90. The topological polar surface area (TPSA) is 71.5 Å². The first-order valence-corrected chi connectivity index (χ1v) is 10.6. The summed E-state index contributed by atoms with van der Waals surface area (Å²) in [5, 5.41) is 14.5. The highest BCUT2D eigenvalue weighted by Crippen LogP contribution is 2.34. The summed E-state index contributed by atoms with van der Waals surface area (Å²) in [5.41, 5.74) is 1.72. The zero-order valence-electron chi connectivity index (χ0n) is 17.8. The predicted octanol–water partition coefficient (Wildman–Crippen LogP) is 6.49. The van der Waals surface area contributed by atoms with Crippen LogP contribution in [0.25, 0.3) is 11.1 Å². The first-order chi connectivity index (χ1) is 15.0. The number of aromatic nitrogens is 1. The standard InChI is InChI=1S/C24H23Cl2FN2O3/c1-24(2,3)32-23(31)29-21(16-8-9-19(25)20(26)11-16)22(30)15-6-4-14(5-7-15)17-10-18(27)13-28-12-17/h4-13,21-22,30H,1-3H3,(H,29,31). The highest BCUT2D eigenvalue weighted by atomic mass is 35.5. The molecule has 1 heterocycles. The molecule has 168 valence electrons. The van der Waals surface area contributed by atoms with Crippen molar-refractivity contribution in [3.63, 3.8) is 0 Å². The van der Waals surface area contributed by atoms with Gasteiger partial charge in [0.1, 0.15) is 17.5 Å². The summed E-state index contributed by atoms with van der Waals surface area (Å²) in [6.45, 7) is 5.24. The third-order valence-corrected chi connectivity index (χ3v) is 5.32. The van der Waals surface area contributed by atoms with Crippen LogP contribution in [-0.4, -0.2) is 21.8 Å². The number of benzene rings is 2. The lowest BCUT2D eigenvalue weighted by Crippen LogP contribution is -2.37. The molecule has 0 saturated carbocycles. The number of aliphatic hydroxyl groups is 1. The molecule has 8 heteroatoms. The Kier molecular flexibility index (Phi) is 7.39. The quantitative estimate of drug-likeness (QED) is 0.441. The molecule has 2 atom stereocenters. The molecular formula is C24H23Cl2FN2O3. The number of hydrogen-bond donors (Lipinski definition) is 2. The van der Waals surface area contributed by atoms with Crippen molar-refractivity contribution in [2.75, 3.05) is 0 Å². The van der Waals surface area contributed by atoms with Crippen LogP contribution >= 0.6 is 23.2 Å². The number of hydrogen-bond acceptors (Lipinski definition) is 4. The third-order valence-electron chi connectivity index (χ3n) is 4.58. The lowest BCUT2D eigenvalue weighted by molar-refractivity contribution is 0.0419. The van der Waals surface area contributed by atoms with Crippen LogP contribution in [0.1, 0.15) is 44.0 Å². The van der Waals surface area contributed by atoms with Crippen LogP contribution in [0.15, 0.2) is 60.9 Å². The molecule has 0 fully saturated rings. The Hall–Kier alpha value is -2.67. The van der Waals surface area contributed by atoms with E-state index < -0.39 is 29.7 Å². The van der Waals surface area contributed by atoms with Crippen LogP contribution in [0.3, 0.4) is 0 Å². The molecule has 0 radical (unpaired) electrons. The zero-order valence-corrected chi connectivity index (χ0v) is 19.3. The van der Waals surface area contributed by atoms with Crippen molar-refractivity contribution >= 4 is 29.3 Å². The molecule has 2 N–H and O–H groups in total. The third kappa shape index (κ3) is 6.19. The fourth-order valence-corrected chi connectivity index (χ4v) is 3.43. The molecule has 32 heavy (non-hydrogen) atoms. The largest absolute Gasteiger partial charge is 0.444 e. The first kappa shape index (κ1) is 24.0. The number of alkyl carbamates (subject to hydrolysis) is 1. The van der Waals surface area contributed by atoms with E-state index in [4.69, 9.17) is 27.9 Å². The van der Waals surface area contributed by atoms with Gasteiger partial charge in [-0.05, 0) is 55.7 Å². The molecule has 2 aromatic carbocycles. The van der Waals surface area contributed by atoms with Gasteiger partial charge in [0.05, 0.1) is 22.3 Å². The molecular weight excluding hydrogens is 454 g/mol. The number of aliphatic hydroxyl groups excluding tert-OH is 1. The summed E-state index contributed by atoms with van der Waals surface area (Å²) in [6.07, 6.45) is 0.873. The molecule has 3 rings (SSSR count). The van der Waals surface area contributed by atoms with E-state index in [1.165, 1.54) is 6.07 Å². The molecule has 0 aliphatic rings. The van der Waals surface area contributed by atoms with Crippen molar-refractivity contribution < 1.29 is 19.0 Å². The zero-order chi connectivity index (χ0) is 23.5. The molecule has 0 bridgehead atoms. The van der Waals surface area contributed by atoms with Crippen molar-refractivity contribution in [3.8, 4) is 11.1 Å². The van der Waals surface area contributed by atoms with Crippen molar-refractivity contribution in [3.05, 3.63) is 87.9 Å². The first-order valence-electron chi connectivity index (χ1n) is 9.87. The number of pyridine rings is 1. The monoisotopic (exact) mass is 476 g/mol. The van der Waals surface area contributed by atoms with E-state index in [9.17, 15) is 14.3 Å². The van der Waals surface area contributed by atoms with Gasteiger partial charge in [0.2, 0.25) is 0 Å². The molecule has 3 aromatic rings. The number of carbonyl (C=O) groups excluding carboxylic acids is 1. The fourth-order valence-electron chi connectivity index (χ4n) is 3.12. The average Bonchev–Trinajstić information content (AvgIpc) is 2.72. The number of halogens is 3. The summed E-state index contributed by atoms with van der Waals surface area (Å²) >= 11 is 12.2. The Labute approximate surface area is 196 Å². The Morgan fingerprint density at radius 3 is 2.25 bits per heavy atom. The number of amides is 1. The molecule has 0 aliphatic carbocycles. The fraction of sp³-hybridized carbons (Fsp3) is 0.250. The van der Waals surface area contributed by atoms with Gasteiger partial charge in [0.15, 0.2) is 0 Å². The van der Waals surface area contributed by atoms with E-state index in [1.807, 2.05) is 0 Å². The van der Waals surface area contributed by atoms with Crippen molar-refractivity contribution in [2.45, 2.75) is 38.5 Å². The highest BCUT2D eigenvalue weighted by molar-refractivity contribution is 6.42. The maximum Gasteiger partial charge on any atom is 0.408 e. The van der Waals surface area contributed by atoms with Crippen LogP contribution in [0.2, 0.25) is 10.0 Å². The summed E-state index contributed by atoms with van der Waals surface area (Å²) in [6, 6.07) is 12.3. The SMILES string of the molecule is CC(C)(C)OC(=O)NC(c1ccc(Cl)c(Cl)c1)C(O)c1ccc(-c2cncc(F)c2)cc1. The summed E-state index contributed by atoms with van der Waals surface area (Å²) < 4.78 is 18.8. The lowest BCUT2D eigenvalue weighted by Gasteiger charge is -2.27. The summed E-state index contributed by atoms with van der Waals surface area (Å²) in [7, 11) is 0. The molecule has 1 amide bonds. The average molecular weight is 477 g/mol. The summed E-state index contributed by atoms with van der Waals surface area (Å²) in [4.78, 5) is 16.3. The lowest BCUT2D eigenvalue weighted by atomic mass is 9.94. The van der Waals surface area contributed by atoms with Crippen LogP contribution in [-0.2, 0) is 4.74 Å². The molecule has 1 aromatic heterocycles. The van der Waals surface area contributed by atoms with Crippen LogP contribution in [0.4, 0.5) is 9.18 Å². The Morgan fingerprint density at radius 2 is 1.66 bits per heavy atom. The number of rotatable bonds is 5. The van der Waals surface area contributed by atoms with Gasteiger partial charge < -0.3 is 15.2 Å². The maximum absolute atomic E-state index is 13.5. The Bertz CT molecular complexity index is 1100. The van der Waals surface area contributed by atoms with E-state index in [0.717, 1.165) is 11.8 Å². The molecule has 5 nitrogen and oxygen atoms in total. The molecule has 0 spiro atoms. The Morgan fingerprint density at radius 1 is 1.00 bits per heavy atom. The van der Waals surface area contributed by atoms with Crippen LogP contribution in [0, 0.1) is 5.82 Å². The number of carbonyl (C=O) groups is 1. The highest BCUT2D eigenvalue weighted by Gasteiger charge is 2.27. The van der Waals surface area contributed by atoms with E-state index >= 15 is 0 Å². The second kappa shape index (κ2) is 9.86. The minimum absolute atomic E-state index is 0.293. The molecule has 2 unspecified atom stereocenters. The van der Waals surface area contributed by atoms with Gasteiger partial charge in [-0.1, -0.05) is 53.5 Å². The number of nitrogens with one attached hydrogen (secondary N) is 1. The van der Waals surface area contributed by atoms with Gasteiger partial charge in [0.25, 0.3) is 0 Å². The predicted molar refractivity (Wildman–Crippen MR) is 123 cm³/mol. The van der Waals surface area contributed by atoms with Gasteiger partial charge in [-0.2, -0.15) is 0 Å². The van der Waals surface area contributed by atoms with Crippen molar-refractivity contribution in [1.82, 2.24) is 10.3 Å². The van der Waals surface area contributed by atoms with E-state index in [2.05, 4.69) is 10.3 Å². The second-order valence-corrected chi connectivity index (χ2v) is 9.07. The van der Waals surface area contributed by atoms with Gasteiger partial charge in [-0.25, -0.2) is 9.18 Å². The van der Waals surface area contributed by atoms with Crippen LogP contribution in [0.5, 0.6) is 0 Å². The van der Waals surface area contributed by atoms with Gasteiger partial charge in [-0.3, -0.25) is 4.98 Å². The van der Waals surface area contributed by atoms with Gasteiger partial charge in [0, 0.05) is 11.8 Å². The molecule has 0 saturated heterocycles. The van der Waals surface area contributed by atoms with Crippen molar-refractivity contribution in [2.24, 2.45) is 0 Å².